The van der Waals surface area contributed by atoms with Gasteiger partial charge in [-0.1, -0.05) is 27.7 Å². The first kappa shape index (κ1) is 12.4. The van der Waals surface area contributed by atoms with Crippen molar-refractivity contribution in [1.82, 2.24) is 5.32 Å². The Labute approximate surface area is 81.1 Å². The lowest BCUT2D eigenvalue weighted by Gasteiger charge is -2.20. The van der Waals surface area contributed by atoms with Gasteiger partial charge >= 0.3 is 0 Å². The average molecular weight is 186 g/mol. The highest BCUT2D eigenvalue weighted by molar-refractivity contribution is 5.79. The molecule has 0 aromatic carbocycles. The summed E-state index contributed by atoms with van der Waals surface area (Å²) in [7, 11) is 0. The number of carbonyl (C=O) groups is 1. The normalized spacial score (nSPS) is 14.2. The summed E-state index contributed by atoms with van der Waals surface area (Å²) in [6.45, 7) is 9.35. The summed E-state index contributed by atoms with van der Waals surface area (Å²) in [6.07, 6.45) is 1.82. The van der Waals surface area contributed by atoms with E-state index in [0.717, 1.165) is 19.4 Å². The Morgan fingerprint density at radius 2 is 2.00 bits per heavy atom. The number of rotatable bonds is 5. The summed E-state index contributed by atoms with van der Waals surface area (Å²) in [5.74, 6) is -0.253. The largest absolute Gasteiger partial charge is 0.368 e. The molecule has 0 aromatic rings. The van der Waals surface area contributed by atoms with Crippen LogP contribution in [-0.4, -0.2) is 18.5 Å². The van der Waals surface area contributed by atoms with Crippen LogP contribution in [0, 0.1) is 5.41 Å². The number of primary amides is 1. The molecule has 13 heavy (non-hydrogen) atoms. The second-order valence-electron chi connectivity index (χ2n) is 4.63. The molecule has 0 heterocycles. The minimum atomic E-state index is -0.253. The van der Waals surface area contributed by atoms with Gasteiger partial charge in [-0.2, -0.15) is 0 Å². The molecular weight excluding hydrogens is 164 g/mol. The van der Waals surface area contributed by atoms with Gasteiger partial charge in [0.25, 0.3) is 0 Å². The van der Waals surface area contributed by atoms with Gasteiger partial charge in [-0.3, -0.25) is 4.79 Å². The van der Waals surface area contributed by atoms with Crippen molar-refractivity contribution in [2.45, 2.75) is 46.6 Å². The molecule has 0 spiro atoms. The summed E-state index contributed by atoms with van der Waals surface area (Å²) in [6, 6.07) is -0.164. The standard InChI is InChI=1S/C10H22N2O/c1-5-8(9(11)13)12-7-6-10(2,3)4/h8,12H,5-7H2,1-4H3,(H2,11,13). The van der Waals surface area contributed by atoms with Crippen LogP contribution < -0.4 is 11.1 Å². The molecule has 3 N–H and O–H groups in total. The van der Waals surface area contributed by atoms with Gasteiger partial charge in [-0.05, 0) is 24.8 Å². The first-order valence-corrected chi connectivity index (χ1v) is 4.89. The van der Waals surface area contributed by atoms with Crippen LogP contribution in [0.25, 0.3) is 0 Å². The Kier molecular flexibility index (Phi) is 4.99. The molecule has 0 aliphatic carbocycles. The van der Waals surface area contributed by atoms with Crippen LogP contribution in [0.1, 0.15) is 40.5 Å². The van der Waals surface area contributed by atoms with Gasteiger partial charge in [-0.15, -0.1) is 0 Å². The maximum atomic E-state index is 10.8. The Balaban J connectivity index is 3.68. The Bertz CT molecular complexity index is 161. The number of nitrogens with two attached hydrogens (primary N) is 1. The fourth-order valence-corrected chi connectivity index (χ4v) is 1.07. The fourth-order valence-electron chi connectivity index (χ4n) is 1.07. The Hall–Kier alpha value is -0.570. The smallest absolute Gasteiger partial charge is 0.234 e. The lowest BCUT2D eigenvalue weighted by atomic mass is 9.92. The maximum absolute atomic E-state index is 10.8. The molecule has 0 aromatic heterocycles. The van der Waals surface area contributed by atoms with E-state index in [4.69, 9.17) is 5.73 Å². The highest BCUT2D eigenvalue weighted by Crippen LogP contribution is 2.17. The van der Waals surface area contributed by atoms with Crippen LogP contribution >= 0.6 is 0 Å². The van der Waals surface area contributed by atoms with Gasteiger partial charge in [0.2, 0.25) is 5.91 Å². The molecule has 0 rings (SSSR count). The number of hydrogen-bond donors (Lipinski definition) is 2. The van der Waals surface area contributed by atoms with Crippen LogP contribution in [0.5, 0.6) is 0 Å². The van der Waals surface area contributed by atoms with Crippen molar-refractivity contribution in [3.8, 4) is 0 Å². The third-order valence-corrected chi connectivity index (χ3v) is 2.02. The minimum Gasteiger partial charge on any atom is -0.368 e. The zero-order valence-electron chi connectivity index (χ0n) is 9.18. The average Bonchev–Trinajstić information content (AvgIpc) is 1.95. The third-order valence-electron chi connectivity index (χ3n) is 2.02. The Morgan fingerprint density at radius 3 is 2.31 bits per heavy atom. The van der Waals surface area contributed by atoms with E-state index in [9.17, 15) is 4.79 Å². The van der Waals surface area contributed by atoms with Crippen molar-refractivity contribution < 1.29 is 4.79 Å². The Morgan fingerprint density at radius 1 is 1.46 bits per heavy atom. The highest BCUT2D eigenvalue weighted by Gasteiger charge is 2.14. The predicted molar refractivity (Wildman–Crippen MR) is 55.3 cm³/mol. The molecule has 0 aliphatic rings. The predicted octanol–water partition coefficient (Wildman–Crippen LogP) is 1.28. The third kappa shape index (κ3) is 6.58. The van der Waals surface area contributed by atoms with Crippen molar-refractivity contribution in [2.24, 2.45) is 11.1 Å². The van der Waals surface area contributed by atoms with E-state index in [-0.39, 0.29) is 11.9 Å². The quantitative estimate of drug-likeness (QED) is 0.679. The van der Waals surface area contributed by atoms with Gasteiger partial charge < -0.3 is 11.1 Å². The van der Waals surface area contributed by atoms with E-state index in [0.29, 0.717) is 5.41 Å². The van der Waals surface area contributed by atoms with E-state index < -0.39 is 0 Å². The lowest BCUT2D eigenvalue weighted by molar-refractivity contribution is -0.120. The number of carbonyl (C=O) groups excluding carboxylic acids is 1. The molecule has 0 aliphatic heterocycles. The van der Waals surface area contributed by atoms with Crippen LogP contribution in [-0.2, 0) is 4.79 Å². The maximum Gasteiger partial charge on any atom is 0.234 e. The molecule has 0 saturated heterocycles. The van der Waals surface area contributed by atoms with Gasteiger partial charge in [0, 0.05) is 0 Å². The van der Waals surface area contributed by atoms with E-state index in [2.05, 4.69) is 26.1 Å². The molecular formula is C10H22N2O. The minimum absolute atomic E-state index is 0.164. The van der Waals surface area contributed by atoms with E-state index in [1.165, 1.54) is 0 Å². The molecule has 3 nitrogen and oxygen atoms in total. The number of hydrogen-bond acceptors (Lipinski definition) is 2. The molecule has 0 fully saturated rings. The van der Waals surface area contributed by atoms with Gasteiger partial charge in [0.15, 0.2) is 0 Å². The van der Waals surface area contributed by atoms with Crippen molar-refractivity contribution >= 4 is 5.91 Å². The van der Waals surface area contributed by atoms with Gasteiger partial charge in [0.1, 0.15) is 0 Å². The molecule has 1 atom stereocenters. The van der Waals surface area contributed by atoms with Crippen LogP contribution in [0.15, 0.2) is 0 Å². The monoisotopic (exact) mass is 186 g/mol. The number of amides is 1. The molecule has 1 amide bonds. The van der Waals surface area contributed by atoms with E-state index in [1.807, 2.05) is 6.92 Å². The summed E-state index contributed by atoms with van der Waals surface area (Å²) >= 11 is 0. The fraction of sp³-hybridized carbons (Fsp3) is 0.900. The zero-order valence-corrected chi connectivity index (χ0v) is 9.18. The SMILES string of the molecule is CCC(NCCC(C)(C)C)C(N)=O. The first-order valence-electron chi connectivity index (χ1n) is 4.89. The number of nitrogens with one attached hydrogen (secondary N) is 1. The van der Waals surface area contributed by atoms with E-state index >= 15 is 0 Å². The summed E-state index contributed by atoms with van der Waals surface area (Å²) in [5.41, 5.74) is 5.50. The molecule has 3 heteroatoms. The lowest BCUT2D eigenvalue weighted by Crippen LogP contribution is -2.41. The summed E-state index contributed by atoms with van der Waals surface area (Å²) in [5, 5.41) is 3.15. The highest BCUT2D eigenvalue weighted by atomic mass is 16.1. The first-order chi connectivity index (χ1) is 5.87. The van der Waals surface area contributed by atoms with Crippen LogP contribution in [0.3, 0.4) is 0 Å². The van der Waals surface area contributed by atoms with Crippen molar-refractivity contribution in [1.29, 1.82) is 0 Å². The van der Waals surface area contributed by atoms with E-state index in [1.54, 1.807) is 0 Å². The van der Waals surface area contributed by atoms with Crippen LogP contribution in [0.2, 0.25) is 0 Å². The molecule has 0 radical (unpaired) electrons. The van der Waals surface area contributed by atoms with Crippen LogP contribution in [0.4, 0.5) is 0 Å². The molecule has 0 saturated carbocycles. The topological polar surface area (TPSA) is 55.1 Å². The second kappa shape index (κ2) is 5.22. The van der Waals surface area contributed by atoms with Crippen molar-refractivity contribution in [3.63, 3.8) is 0 Å². The van der Waals surface area contributed by atoms with Crippen molar-refractivity contribution in [2.75, 3.05) is 6.54 Å². The molecule has 0 bridgehead atoms. The summed E-state index contributed by atoms with van der Waals surface area (Å²) < 4.78 is 0. The molecule has 78 valence electrons. The van der Waals surface area contributed by atoms with Crippen molar-refractivity contribution in [3.05, 3.63) is 0 Å². The second-order valence-corrected chi connectivity index (χ2v) is 4.63. The van der Waals surface area contributed by atoms with Gasteiger partial charge in [-0.25, -0.2) is 0 Å². The summed E-state index contributed by atoms with van der Waals surface area (Å²) in [4.78, 5) is 10.8. The molecule has 1 unspecified atom stereocenters. The zero-order chi connectivity index (χ0) is 10.5. The van der Waals surface area contributed by atoms with Gasteiger partial charge in [0.05, 0.1) is 6.04 Å².